The molecule has 9 heteroatoms. The number of rotatable bonds is 4. The molecule has 6 nitrogen and oxygen atoms in total. The normalized spacial score (nSPS) is 14.4. The van der Waals surface area contributed by atoms with Crippen LogP contribution in [0.2, 0.25) is 0 Å². The van der Waals surface area contributed by atoms with Crippen LogP contribution in [0.4, 0.5) is 19.0 Å². The van der Waals surface area contributed by atoms with Crippen LogP contribution in [0.5, 0.6) is 0 Å². The number of benzene rings is 2. The van der Waals surface area contributed by atoms with Crippen molar-refractivity contribution in [1.29, 1.82) is 0 Å². The Labute approximate surface area is 162 Å². The molecule has 0 amide bonds. The minimum absolute atomic E-state index is 0.0637. The van der Waals surface area contributed by atoms with Crippen LogP contribution in [0.15, 0.2) is 53.6 Å². The second-order valence-electron chi connectivity index (χ2n) is 7.06. The van der Waals surface area contributed by atoms with Gasteiger partial charge in [-0.25, -0.2) is 9.78 Å². The molecule has 0 bridgehead atoms. The van der Waals surface area contributed by atoms with Crippen molar-refractivity contribution in [2.45, 2.75) is 25.1 Å². The lowest BCUT2D eigenvalue weighted by Crippen LogP contribution is -2.16. The molecule has 0 atom stereocenters. The van der Waals surface area contributed by atoms with Crippen molar-refractivity contribution in [3.8, 4) is 16.9 Å². The molecular weight excluding hydrogens is 383 g/mol. The van der Waals surface area contributed by atoms with Crippen molar-refractivity contribution >= 4 is 16.9 Å². The van der Waals surface area contributed by atoms with Gasteiger partial charge in [0.25, 0.3) is 0 Å². The van der Waals surface area contributed by atoms with E-state index in [1.807, 2.05) is 0 Å². The maximum Gasteiger partial charge on any atom is 0.417 e. The van der Waals surface area contributed by atoms with Crippen molar-refractivity contribution in [2.24, 2.45) is 0 Å². The molecule has 5 rings (SSSR count). The van der Waals surface area contributed by atoms with E-state index >= 15 is 0 Å². The summed E-state index contributed by atoms with van der Waals surface area (Å²) in [5.41, 5.74) is 0.611. The maximum atomic E-state index is 13.7. The van der Waals surface area contributed by atoms with Gasteiger partial charge in [-0.3, -0.25) is 9.55 Å². The molecule has 3 N–H and O–H groups in total. The molecular formula is C20H16F3N5O. The third-order valence-electron chi connectivity index (χ3n) is 4.97. The Kier molecular flexibility index (Phi) is 3.80. The second kappa shape index (κ2) is 6.26. The summed E-state index contributed by atoms with van der Waals surface area (Å²) >= 11 is 0. The van der Waals surface area contributed by atoms with E-state index in [1.165, 1.54) is 29.1 Å². The smallest absolute Gasteiger partial charge is 0.367 e. The first-order chi connectivity index (χ1) is 13.9. The molecule has 2 aromatic carbocycles. The largest absolute Gasteiger partial charge is 0.417 e. The summed E-state index contributed by atoms with van der Waals surface area (Å²) in [7, 11) is 0. The summed E-state index contributed by atoms with van der Waals surface area (Å²) in [6, 6.07) is 10.5. The van der Waals surface area contributed by atoms with Gasteiger partial charge in [0.15, 0.2) is 0 Å². The number of fused-ring (bicyclic) bond motifs is 1. The summed E-state index contributed by atoms with van der Waals surface area (Å²) in [5.74, 6) is 0.291. The highest BCUT2D eigenvalue weighted by molar-refractivity contribution is 5.81. The van der Waals surface area contributed by atoms with Crippen molar-refractivity contribution in [1.82, 2.24) is 19.5 Å². The fraction of sp³-hybridized carbons (Fsp3) is 0.200. The Hall–Kier alpha value is -3.49. The van der Waals surface area contributed by atoms with Gasteiger partial charge >= 0.3 is 11.9 Å². The number of aromatic nitrogens is 4. The number of aromatic amines is 2. The lowest BCUT2D eigenvalue weighted by molar-refractivity contribution is -0.137. The second-order valence-corrected chi connectivity index (χ2v) is 7.06. The summed E-state index contributed by atoms with van der Waals surface area (Å²) in [5, 5.41) is 3.16. The summed E-state index contributed by atoms with van der Waals surface area (Å²) < 4.78 is 42.4. The van der Waals surface area contributed by atoms with Gasteiger partial charge in [-0.05, 0) is 37.1 Å². The average Bonchev–Trinajstić information content (AvgIpc) is 3.26. The summed E-state index contributed by atoms with van der Waals surface area (Å²) in [6.45, 7) is 0. The minimum atomic E-state index is -4.56. The highest BCUT2D eigenvalue weighted by Crippen LogP contribution is 2.40. The highest BCUT2D eigenvalue weighted by atomic mass is 19.4. The lowest BCUT2D eigenvalue weighted by Gasteiger charge is -2.16. The third kappa shape index (κ3) is 3.08. The van der Waals surface area contributed by atoms with E-state index in [1.54, 1.807) is 18.2 Å². The van der Waals surface area contributed by atoms with Crippen molar-refractivity contribution in [3.63, 3.8) is 0 Å². The fourth-order valence-corrected chi connectivity index (χ4v) is 3.47. The number of halogens is 3. The molecule has 0 radical (unpaired) electrons. The summed E-state index contributed by atoms with van der Waals surface area (Å²) in [6.07, 6.45) is -1.21. The van der Waals surface area contributed by atoms with Crippen molar-refractivity contribution in [3.05, 3.63) is 64.8 Å². The van der Waals surface area contributed by atoms with Gasteiger partial charge < -0.3 is 10.3 Å². The highest BCUT2D eigenvalue weighted by Gasteiger charge is 2.36. The topological polar surface area (TPSA) is 78.5 Å². The number of anilines is 1. The van der Waals surface area contributed by atoms with Crippen LogP contribution in [-0.4, -0.2) is 25.6 Å². The number of H-pyrrole nitrogens is 2. The van der Waals surface area contributed by atoms with Crippen LogP contribution in [-0.2, 0) is 6.18 Å². The molecule has 1 saturated carbocycles. The maximum absolute atomic E-state index is 13.7. The molecule has 4 aromatic rings. The van der Waals surface area contributed by atoms with E-state index in [0.717, 1.165) is 18.9 Å². The Morgan fingerprint density at radius 1 is 1.14 bits per heavy atom. The standard InChI is InChI=1S/C20H16F3N5O/c21-20(22,23)14-4-2-1-3-13(14)17-18(26-11-5-6-11)27-19(29)28(17)12-7-8-15-16(9-12)25-10-24-15/h1-4,7-11,26H,5-6H2,(H,24,25)(H,27,29). The lowest BCUT2D eigenvalue weighted by atomic mass is 10.0. The van der Waals surface area contributed by atoms with Gasteiger partial charge in [0.05, 0.1) is 34.3 Å². The van der Waals surface area contributed by atoms with Gasteiger partial charge in [-0.15, -0.1) is 0 Å². The van der Waals surface area contributed by atoms with Crippen molar-refractivity contribution in [2.75, 3.05) is 5.32 Å². The Morgan fingerprint density at radius 2 is 1.93 bits per heavy atom. The zero-order valence-corrected chi connectivity index (χ0v) is 15.0. The molecule has 148 valence electrons. The minimum Gasteiger partial charge on any atom is -0.367 e. The summed E-state index contributed by atoms with van der Waals surface area (Å²) in [4.78, 5) is 22.6. The molecule has 0 saturated heterocycles. The van der Waals surface area contributed by atoms with Gasteiger partial charge in [0.1, 0.15) is 5.82 Å². The first kappa shape index (κ1) is 17.6. The van der Waals surface area contributed by atoms with Crippen molar-refractivity contribution < 1.29 is 13.2 Å². The molecule has 1 aliphatic rings. The monoisotopic (exact) mass is 399 g/mol. The van der Waals surface area contributed by atoms with Gasteiger partial charge in [-0.1, -0.05) is 18.2 Å². The Balaban J connectivity index is 1.78. The fourth-order valence-electron chi connectivity index (χ4n) is 3.47. The number of hydrogen-bond acceptors (Lipinski definition) is 3. The van der Waals surface area contributed by atoms with E-state index in [0.29, 0.717) is 22.5 Å². The third-order valence-corrected chi connectivity index (χ3v) is 4.97. The predicted molar refractivity (Wildman–Crippen MR) is 103 cm³/mol. The van der Waals surface area contributed by atoms with E-state index in [2.05, 4.69) is 20.3 Å². The molecule has 29 heavy (non-hydrogen) atoms. The Morgan fingerprint density at radius 3 is 2.69 bits per heavy atom. The average molecular weight is 399 g/mol. The molecule has 2 heterocycles. The van der Waals surface area contributed by atoms with E-state index < -0.39 is 17.4 Å². The number of nitrogens with zero attached hydrogens (tertiary/aromatic N) is 2. The van der Waals surface area contributed by atoms with Crippen LogP contribution < -0.4 is 11.0 Å². The van der Waals surface area contributed by atoms with Gasteiger partial charge in [0, 0.05) is 11.6 Å². The number of nitrogens with one attached hydrogen (secondary N) is 3. The molecule has 0 spiro atoms. The number of hydrogen-bond donors (Lipinski definition) is 3. The molecule has 2 aromatic heterocycles. The Bertz CT molecular complexity index is 1260. The SMILES string of the molecule is O=c1[nH]c(NC2CC2)c(-c2ccccc2C(F)(F)F)n1-c1ccc2nc[nH]c2c1. The van der Waals surface area contributed by atoms with Gasteiger partial charge in [-0.2, -0.15) is 13.2 Å². The zero-order valence-electron chi connectivity index (χ0n) is 15.0. The molecule has 0 aliphatic heterocycles. The van der Waals surface area contributed by atoms with Crippen LogP contribution in [0.3, 0.4) is 0 Å². The van der Waals surface area contributed by atoms with Crippen LogP contribution >= 0.6 is 0 Å². The first-order valence-electron chi connectivity index (χ1n) is 9.13. The zero-order chi connectivity index (χ0) is 20.2. The quantitative estimate of drug-likeness (QED) is 0.479. The molecule has 1 fully saturated rings. The van der Waals surface area contributed by atoms with Crippen LogP contribution in [0, 0.1) is 0 Å². The first-order valence-corrected chi connectivity index (χ1v) is 9.13. The number of alkyl halides is 3. The van der Waals surface area contributed by atoms with E-state index in [-0.39, 0.29) is 17.3 Å². The van der Waals surface area contributed by atoms with Crippen LogP contribution in [0.1, 0.15) is 18.4 Å². The van der Waals surface area contributed by atoms with Crippen LogP contribution in [0.25, 0.3) is 28.0 Å². The van der Waals surface area contributed by atoms with E-state index in [4.69, 9.17) is 0 Å². The van der Waals surface area contributed by atoms with Gasteiger partial charge in [0.2, 0.25) is 0 Å². The predicted octanol–water partition coefficient (Wildman–Crippen LogP) is 4.30. The van der Waals surface area contributed by atoms with E-state index in [9.17, 15) is 18.0 Å². The molecule has 0 unspecified atom stereocenters. The number of imidazole rings is 2. The molecule has 1 aliphatic carbocycles.